The molecule has 240 valence electrons. The normalized spacial score (nSPS) is 16.6. The van der Waals surface area contributed by atoms with Gasteiger partial charge in [0.25, 0.3) is 0 Å². The van der Waals surface area contributed by atoms with Crippen LogP contribution in [0.2, 0.25) is 0 Å². The van der Waals surface area contributed by atoms with Crippen LogP contribution < -0.4 is 14.4 Å². The standard InChI is InChI=1S/C36H35F3N2O5/c1-20-17-27-25(10-12-29(43)41(27)19-22-7-6-8-24(18-22)45-36(37,38)39)32(30(20)34(21(2)42)46-35(3,4)5)26-9-11-28-31-23(14-16-44-28)13-15-40-33(26)31/h6-13,15,17-18,29,34,43H,14,16,19H2,1-5H3/t29?,34-/m1/s1. The molecule has 2 atom stereocenters. The number of Topliss-reactive ketones (excluding diaryl/α,β-unsaturated/α-hetero) is 1. The maximum atomic E-state index is 13.3. The molecule has 1 N–H and O–H groups in total. The zero-order valence-electron chi connectivity index (χ0n) is 26.2. The molecule has 2 aliphatic rings. The largest absolute Gasteiger partial charge is 0.573 e. The van der Waals surface area contributed by atoms with Gasteiger partial charge >= 0.3 is 6.36 Å². The second kappa shape index (κ2) is 11.7. The number of aliphatic hydroxyl groups excluding tert-OH is 1. The molecule has 0 radical (unpaired) electrons. The molecule has 3 aromatic carbocycles. The highest BCUT2D eigenvalue weighted by Crippen LogP contribution is 2.48. The van der Waals surface area contributed by atoms with Crippen LogP contribution in [0.3, 0.4) is 0 Å². The average molecular weight is 633 g/mol. The van der Waals surface area contributed by atoms with Crippen LogP contribution in [0.5, 0.6) is 11.5 Å². The number of aromatic nitrogens is 1. The topological polar surface area (TPSA) is 81.1 Å². The van der Waals surface area contributed by atoms with Crippen molar-refractivity contribution in [2.75, 3.05) is 11.5 Å². The molecule has 7 nitrogen and oxygen atoms in total. The highest BCUT2D eigenvalue weighted by Gasteiger charge is 2.35. The SMILES string of the molecule is CC(=O)[C@@H](OC(C)(C)C)c1c(C)cc2c(c1-c1ccc3c4c(ccnc14)CCO3)C=CC(O)N2Cc1cccc(OC(F)(F)F)c1. The van der Waals surface area contributed by atoms with Crippen molar-refractivity contribution in [2.24, 2.45) is 0 Å². The van der Waals surface area contributed by atoms with Crippen molar-refractivity contribution in [1.29, 1.82) is 0 Å². The smallest absolute Gasteiger partial charge is 0.493 e. The fourth-order valence-electron chi connectivity index (χ4n) is 6.31. The lowest BCUT2D eigenvalue weighted by atomic mass is 9.83. The molecule has 0 aliphatic carbocycles. The molecular formula is C36H35F3N2O5. The van der Waals surface area contributed by atoms with Crippen molar-refractivity contribution >= 4 is 28.4 Å². The first kappa shape index (κ1) is 31.6. The molecule has 1 aromatic heterocycles. The van der Waals surface area contributed by atoms with E-state index in [1.165, 1.54) is 25.1 Å². The molecule has 2 aliphatic heterocycles. The van der Waals surface area contributed by atoms with Crippen molar-refractivity contribution in [3.8, 4) is 22.6 Å². The quantitative estimate of drug-likeness (QED) is 0.222. The van der Waals surface area contributed by atoms with Crippen LogP contribution in [0.15, 0.2) is 60.8 Å². The maximum Gasteiger partial charge on any atom is 0.573 e. The lowest BCUT2D eigenvalue weighted by Gasteiger charge is -2.36. The van der Waals surface area contributed by atoms with Gasteiger partial charge in [-0.05, 0) is 105 Å². The first-order chi connectivity index (χ1) is 21.7. The van der Waals surface area contributed by atoms with Crippen molar-refractivity contribution < 1.29 is 37.3 Å². The van der Waals surface area contributed by atoms with E-state index in [9.17, 15) is 23.1 Å². The van der Waals surface area contributed by atoms with Crippen LogP contribution in [-0.2, 0) is 22.5 Å². The van der Waals surface area contributed by atoms with Crippen LogP contribution in [0.1, 0.15) is 61.6 Å². The Labute approximate surface area is 265 Å². The highest BCUT2D eigenvalue weighted by molar-refractivity contribution is 6.04. The molecule has 0 saturated heterocycles. The summed E-state index contributed by atoms with van der Waals surface area (Å²) >= 11 is 0. The molecule has 0 amide bonds. The number of halogens is 3. The van der Waals surface area contributed by atoms with E-state index in [0.29, 0.717) is 28.9 Å². The van der Waals surface area contributed by atoms with Gasteiger partial charge in [-0.1, -0.05) is 18.2 Å². The Bertz CT molecular complexity index is 1850. The van der Waals surface area contributed by atoms with E-state index in [0.717, 1.165) is 45.4 Å². The van der Waals surface area contributed by atoms with E-state index in [1.807, 2.05) is 58.0 Å². The van der Waals surface area contributed by atoms with Crippen LogP contribution in [0, 0.1) is 6.92 Å². The molecular weight excluding hydrogens is 597 g/mol. The van der Waals surface area contributed by atoms with Crippen LogP contribution in [0.25, 0.3) is 28.1 Å². The molecule has 4 aromatic rings. The summed E-state index contributed by atoms with van der Waals surface area (Å²) < 4.78 is 55.4. The predicted molar refractivity (Wildman–Crippen MR) is 170 cm³/mol. The lowest BCUT2D eigenvalue weighted by molar-refractivity contribution is -0.274. The summed E-state index contributed by atoms with van der Waals surface area (Å²) in [6, 6.07) is 13.4. The number of hydrogen-bond acceptors (Lipinski definition) is 7. The minimum absolute atomic E-state index is 0.0797. The molecule has 1 unspecified atom stereocenters. The van der Waals surface area contributed by atoms with Gasteiger partial charge in [-0.3, -0.25) is 9.78 Å². The Kier molecular flexibility index (Phi) is 8.06. The summed E-state index contributed by atoms with van der Waals surface area (Å²) in [5, 5.41) is 12.1. The van der Waals surface area contributed by atoms with E-state index < -0.39 is 24.3 Å². The van der Waals surface area contributed by atoms with E-state index >= 15 is 0 Å². The fraction of sp³-hybridized carbons (Fsp3) is 0.333. The number of carbonyl (C=O) groups excluding carboxylic acids is 1. The summed E-state index contributed by atoms with van der Waals surface area (Å²) in [6.07, 6.45) is -0.875. The van der Waals surface area contributed by atoms with Crippen LogP contribution in [-0.4, -0.2) is 40.7 Å². The Morgan fingerprint density at radius 3 is 2.65 bits per heavy atom. The minimum Gasteiger partial charge on any atom is -0.493 e. The van der Waals surface area contributed by atoms with Gasteiger partial charge in [-0.2, -0.15) is 0 Å². The van der Waals surface area contributed by atoms with Gasteiger partial charge in [-0.25, -0.2) is 0 Å². The first-order valence-electron chi connectivity index (χ1n) is 15.1. The summed E-state index contributed by atoms with van der Waals surface area (Å²) in [5.74, 6) is 0.218. The summed E-state index contributed by atoms with van der Waals surface area (Å²) in [5.41, 5.74) is 5.96. The number of alkyl halides is 3. The second-order valence-corrected chi connectivity index (χ2v) is 12.6. The average Bonchev–Trinajstić information content (AvgIpc) is 2.97. The number of aliphatic hydroxyl groups is 1. The lowest BCUT2D eigenvalue weighted by Crippen LogP contribution is -2.36. The van der Waals surface area contributed by atoms with Gasteiger partial charge in [0, 0.05) is 41.4 Å². The Morgan fingerprint density at radius 1 is 1.15 bits per heavy atom. The molecule has 10 heteroatoms. The van der Waals surface area contributed by atoms with Crippen molar-refractivity contribution in [2.45, 2.75) is 71.9 Å². The summed E-state index contributed by atoms with van der Waals surface area (Å²) in [4.78, 5) is 19.8. The summed E-state index contributed by atoms with van der Waals surface area (Å²) in [6.45, 7) is 9.72. The molecule has 0 saturated carbocycles. The number of aryl methyl sites for hydroxylation is 1. The van der Waals surface area contributed by atoms with E-state index in [-0.39, 0.29) is 18.1 Å². The number of nitrogens with zero attached hydrogens (tertiary/aromatic N) is 2. The Hall–Kier alpha value is -4.41. The monoisotopic (exact) mass is 632 g/mol. The third-order valence-electron chi connectivity index (χ3n) is 8.08. The third-order valence-corrected chi connectivity index (χ3v) is 8.08. The summed E-state index contributed by atoms with van der Waals surface area (Å²) in [7, 11) is 0. The van der Waals surface area contributed by atoms with E-state index in [1.54, 1.807) is 23.2 Å². The third kappa shape index (κ3) is 6.19. The van der Waals surface area contributed by atoms with Gasteiger partial charge in [-0.15, -0.1) is 13.2 Å². The molecule has 0 fully saturated rings. The van der Waals surface area contributed by atoms with Crippen LogP contribution >= 0.6 is 0 Å². The van der Waals surface area contributed by atoms with Gasteiger partial charge in [0.1, 0.15) is 23.8 Å². The number of fused-ring (bicyclic) bond motifs is 1. The molecule has 46 heavy (non-hydrogen) atoms. The van der Waals surface area contributed by atoms with Gasteiger partial charge in [0.05, 0.1) is 17.7 Å². The van der Waals surface area contributed by atoms with Crippen molar-refractivity contribution in [1.82, 2.24) is 4.98 Å². The molecule has 0 spiro atoms. The zero-order chi connectivity index (χ0) is 33.0. The van der Waals surface area contributed by atoms with Crippen LogP contribution in [0.4, 0.5) is 18.9 Å². The molecule has 3 heterocycles. The number of hydrogen-bond donors (Lipinski definition) is 1. The van der Waals surface area contributed by atoms with Crippen molar-refractivity contribution in [3.63, 3.8) is 0 Å². The number of benzene rings is 3. The first-order valence-corrected chi connectivity index (χ1v) is 15.1. The zero-order valence-corrected chi connectivity index (χ0v) is 26.2. The molecule has 0 bridgehead atoms. The number of carbonyl (C=O) groups is 1. The van der Waals surface area contributed by atoms with E-state index in [4.69, 9.17) is 14.5 Å². The minimum atomic E-state index is -4.83. The Morgan fingerprint density at radius 2 is 1.93 bits per heavy atom. The fourth-order valence-corrected chi connectivity index (χ4v) is 6.31. The van der Waals surface area contributed by atoms with Gasteiger partial charge in [0.15, 0.2) is 5.78 Å². The van der Waals surface area contributed by atoms with E-state index in [2.05, 4.69) is 4.74 Å². The number of rotatable bonds is 7. The number of ether oxygens (including phenoxy) is 3. The number of pyridine rings is 1. The molecule has 6 rings (SSSR count). The predicted octanol–water partition coefficient (Wildman–Crippen LogP) is 7.84. The Balaban J connectivity index is 1.59. The highest BCUT2D eigenvalue weighted by atomic mass is 19.4. The maximum absolute atomic E-state index is 13.3. The van der Waals surface area contributed by atoms with Crippen molar-refractivity contribution in [3.05, 3.63) is 88.6 Å². The van der Waals surface area contributed by atoms with Gasteiger partial charge < -0.3 is 24.2 Å². The number of anilines is 1. The number of ketones is 1. The van der Waals surface area contributed by atoms with Gasteiger partial charge in [0.2, 0.25) is 0 Å². The second-order valence-electron chi connectivity index (χ2n) is 12.6.